The van der Waals surface area contributed by atoms with E-state index in [1.807, 2.05) is 0 Å². The van der Waals surface area contributed by atoms with E-state index in [1.165, 1.54) is 22.3 Å². The maximum atomic E-state index is 2.61. The minimum Gasteiger partial charge on any atom is -0.0726 e. The van der Waals surface area contributed by atoms with Crippen molar-refractivity contribution in [3.05, 3.63) is 164 Å². The summed E-state index contributed by atoms with van der Waals surface area (Å²) in [5.74, 6) is 1.10. The van der Waals surface area contributed by atoms with Gasteiger partial charge in [-0.3, -0.25) is 0 Å². The van der Waals surface area contributed by atoms with Crippen molar-refractivity contribution in [1.82, 2.24) is 0 Å². The molecule has 0 N–H and O–H groups in total. The maximum absolute atomic E-state index is 2.61. The van der Waals surface area contributed by atoms with Crippen LogP contribution in [0.3, 0.4) is 0 Å². The van der Waals surface area contributed by atoms with Crippen LogP contribution in [0, 0.1) is 5.92 Å². The molecule has 4 aliphatic carbocycles. The number of benzene rings is 2. The van der Waals surface area contributed by atoms with Crippen molar-refractivity contribution in [2.75, 3.05) is 0 Å². The Morgan fingerprint density at radius 1 is 0.676 bits per heavy atom. The molecule has 4 atom stereocenters. The summed E-state index contributed by atoms with van der Waals surface area (Å²) in [7, 11) is -1.51. The Hall–Kier alpha value is -3.42. The second kappa shape index (κ2) is 9.80. The summed E-state index contributed by atoms with van der Waals surface area (Å²) < 4.78 is 0. The van der Waals surface area contributed by atoms with Crippen molar-refractivity contribution in [2.45, 2.75) is 45.6 Å². The van der Waals surface area contributed by atoms with Crippen LogP contribution in [0.4, 0.5) is 0 Å². The third-order valence-electron chi connectivity index (χ3n) is 8.90. The Morgan fingerprint density at radius 3 is 1.86 bits per heavy atom. The molecule has 0 fully saturated rings. The molecule has 4 unspecified atom stereocenters. The molecule has 0 spiro atoms. The van der Waals surface area contributed by atoms with E-state index < -0.39 is 8.80 Å². The summed E-state index contributed by atoms with van der Waals surface area (Å²) in [6, 6.07) is 22.2. The van der Waals surface area contributed by atoms with Gasteiger partial charge in [-0.2, -0.15) is 0 Å². The van der Waals surface area contributed by atoms with Crippen LogP contribution < -0.4 is 0 Å². The second-order valence-corrected chi connectivity index (χ2v) is 13.6. The minimum absolute atomic E-state index is 0.311. The van der Waals surface area contributed by atoms with Gasteiger partial charge in [-0.25, -0.2) is 0 Å². The van der Waals surface area contributed by atoms with Crippen LogP contribution in [-0.4, -0.2) is 8.80 Å². The van der Waals surface area contributed by atoms with E-state index in [0.29, 0.717) is 17.8 Å². The van der Waals surface area contributed by atoms with Gasteiger partial charge in [0, 0.05) is 17.8 Å². The average Bonchev–Trinajstić information content (AvgIpc) is 3.16. The second-order valence-electron chi connectivity index (χ2n) is 11.0. The first-order valence-corrected chi connectivity index (χ1v) is 16.0. The normalized spacial score (nSPS) is 25.6. The third kappa shape index (κ3) is 4.06. The highest BCUT2D eigenvalue weighted by molar-refractivity contribution is 6.75. The van der Waals surface area contributed by atoms with Crippen LogP contribution in [0.1, 0.15) is 50.2 Å². The lowest BCUT2D eigenvalue weighted by molar-refractivity contribution is 0.835. The Balaban J connectivity index is 1.49. The molecule has 6 rings (SSSR count). The summed E-state index contributed by atoms with van der Waals surface area (Å²) in [5, 5.41) is 3.39. The number of allylic oxidation sites excluding steroid dienone is 16. The van der Waals surface area contributed by atoms with Gasteiger partial charge in [0.1, 0.15) is 8.80 Å². The van der Waals surface area contributed by atoms with Crippen molar-refractivity contribution in [3.8, 4) is 0 Å². The van der Waals surface area contributed by atoms with Gasteiger partial charge in [0.2, 0.25) is 0 Å². The van der Waals surface area contributed by atoms with Crippen LogP contribution in [0.25, 0.3) is 0 Å². The van der Waals surface area contributed by atoms with Crippen LogP contribution in [0.15, 0.2) is 153 Å². The standard InChI is InChI=1S/C36H36Si/c1-24-23-29-19-11-12-21-31(27-15-7-5-8-16-27)33(29)35(24)37(4)36-26(3)25(2)30-20-13-14-22-32(34(30)36)28-17-9-6-10-18-28/h5-22,25,31-32,37H,23H2,1-4H3. The molecule has 0 aromatic heterocycles. The SMILES string of the molecule is CC1=C([SiH](C)C2=C(C)C(C)C3=C2C(c2ccccc2)C=CC=C3)C2=C(C=CC=CC2c2ccccc2)C1. The topological polar surface area (TPSA) is 0 Å². The zero-order chi connectivity index (χ0) is 25.5. The molecule has 0 radical (unpaired) electrons. The van der Waals surface area contributed by atoms with Gasteiger partial charge in [-0.05, 0) is 53.7 Å². The third-order valence-corrected chi connectivity index (χ3v) is 12.2. The van der Waals surface area contributed by atoms with Crippen molar-refractivity contribution in [2.24, 2.45) is 5.92 Å². The van der Waals surface area contributed by atoms with E-state index in [4.69, 9.17) is 0 Å². The molecule has 0 saturated carbocycles. The molecule has 2 aromatic carbocycles. The van der Waals surface area contributed by atoms with Crippen LogP contribution >= 0.6 is 0 Å². The quantitative estimate of drug-likeness (QED) is 0.370. The van der Waals surface area contributed by atoms with Gasteiger partial charge in [0.25, 0.3) is 0 Å². The lowest BCUT2D eigenvalue weighted by Gasteiger charge is -2.28. The Morgan fingerprint density at radius 2 is 1.24 bits per heavy atom. The minimum atomic E-state index is -1.51. The molecule has 0 nitrogen and oxygen atoms in total. The first kappa shape index (κ1) is 23.9. The summed E-state index contributed by atoms with van der Waals surface area (Å²) in [6.07, 6.45) is 19.7. The molecule has 184 valence electrons. The predicted octanol–water partition coefficient (Wildman–Crippen LogP) is 9.02. The molecule has 0 amide bonds. The molecule has 0 bridgehead atoms. The highest BCUT2D eigenvalue weighted by atomic mass is 28.3. The molecule has 4 aliphatic rings. The summed E-state index contributed by atoms with van der Waals surface area (Å²) >= 11 is 0. The highest BCUT2D eigenvalue weighted by Crippen LogP contribution is 2.51. The predicted molar refractivity (Wildman–Crippen MR) is 161 cm³/mol. The number of hydrogen-bond donors (Lipinski definition) is 0. The zero-order valence-corrected chi connectivity index (χ0v) is 23.6. The molecule has 2 aromatic rings. The Bertz CT molecular complexity index is 1470. The van der Waals surface area contributed by atoms with Gasteiger partial charge in [0.15, 0.2) is 0 Å². The van der Waals surface area contributed by atoms with E-state index in [9.17, 15) is 0 Å². The zero-order valence-electron chi connectivity index (χ0n) is 22.4. The molecular formula is C36H36Si. The first-order chi connectivity index (χ1) is 18.1. The van der Waals surface area contributed by atoms with Gasteiger partial charge in [-0.1, -0.05) is 144 Å². The fourth-order valence-electron chi connectivity index (χ4n) is 7.12. The van der Waals surface area contributed by atoms with Crippen LogP contribution in [-0.2, 0) is 0 Å². The molecule has 0 saturated heterocycles. The average molecular weight is 497 g/mol. The molecule has 0 aliphatic heterocycles. The highest BCUT2D eigenvalue weighted by Gasteiger charge is 2.39. The largest absolute Gasteiger partial charge is 0.100 e. The summed E-state index contributed by atoms with van der Waals surface area (Å²) in [6.45, 7) is 9.84. The molecular weight excluding hydrogens is 460 g/mol. The summed E-state index contributed by atoms with van der Waals surface area (Å²) in [4.78, 5) is 0. The fraction of sp³-hybridized carbons (Fsp3) is 0.222. The van der Waals surface area contributed by atoms with Crippen molar-refractivity contribution in [1.29, 1.82) is 0 Å². The van der Waals surface area contributed by atoms with Crippen molar-refractivity contribution in [3.63, 3.8) is 0 Å². The number of hydrogen-bond acceptors (Lipinski definition) is 0. The lowest BCUT2D eigenvalue weighted by Crippen LogP contribution is -2.23. The molecule has 1 heteroatoms. The maximum Gasteiger partial charge on any atom is 0.100 e. The van der Waals surface area contributed by atoms with E-state index in [1.54, 1.807) is 32.7 Å². The van der Waals surface area contributed by atoms with Crippen LogP contribution in [0.2, 0.25) is 6.55 Å². The van der Waals surface area contributed by atoms with E-state index in [-0.39, 0.29) is 0 Å². The van der Waals surface area contributed by atoms with Gasteiger partial charge in [-0.15, -0.1) is 0 Å². The fourth-order valence-corrected chi connectivity index (χ4v) is 10.8. The van der Waals surface area contributed by atoms with Crippen LogP contribution in [0.5, 0.6) is 0 Å². The van der Waals surface area contributed by atoms with Gasteiger partial charge >= 0.3 is 0 Å². The number of rotatable bonds is 4. The van der Waals surface area contributed by atoms with E-state index >= 15 is 0 Å². The van der Waals surface area contributed by atoms with Gasteiger partial charge in [0.05, 0.1) is 0 Å². The van der Waals surface area contributed by atoms with E-state index in [2.05, 4.69) is 137 Å². The molecule has 37 heavy (non-hydrogen) atoms. The molecule has 0 heterocycles. The Kier molecular flexibility index (Phi) is 6.34. The lowest BCUT2D eigenvalue weighted by atomic mass is 9.88. The van der Waals surface area contributed by atoms with E-state index in [0.717, 1.165) is 6.42 Å². The van der Waals surface area contributed by atoms with Crippen molar-refractivity contribution < 1.29 is 0 Å². The van der Waals surface area contributed by atoms with Gasteiger partial charge < -0.3 is 0 Å². The summed E-state index contributed by atoms with van der Waals surface area (Å²) in [5.41, 5.74) is 12.2. The monoisotopic (exact) mass is 496 g/mol. The van der Waals surface area contributed by atoms with Crippen molar-refractivity contribution >= 4 is 8.80 Å². The smallest absolute Gasteiger partial charge is 0.0726 e. The first-order valence-electron chi connectivity index (χ1n) is 13.7. The Labute approximate surface area is 224 Å².